The topological polar surface area (TPSA) is 69.6 Å². The number of aliphatic carboxylic acids is 1. The summed E-state index contributed by atoms with van der Waals surface area (Å²) in [5, 5.41) is 23.4. The lowest BCUT2D eigenvalue weighted by Crippen LogP contribution is -2.41. The Morgan fingerprint density at radius 3 is 2.67 bits per heavy atom. The predicted molar refractivity (Wildman–Crippen MR) is 86.9 cm³/mol. The van der Waals surface area contributed by atoms with Gasteiger partial charge in [0, 0.05) is 16.0 Å². The van der Waals surface area contributed by atoms with Crippen molar-refractivity contribution in [2.24, 2.45) is 5.92 Å². The average Bonchev–Trinajstić information content (AvgIpc) is 2.42. The third-order valence-corrected chi connectivity index (χ3v) is 5.19. The van der Waals surface area contributed by atoms with Crippen molar-refractivity contribution >= 4 is 39.2 Å². The molecule has 0 amide bonds. The van der Waals surface area contributed by atoms with Gasteiger partial charge in [0.2, 0.25) is 0 Å². The van der Waals surface area contributed by atoms with Gasteiger partial charge < -0.3 is 15.5 Å². The smallest absolute Gasteiger partial charge is 0.306 e. The summed E-state index contributed by atoms with van der Waals surface area (Å²) in [5.74, 6) is -1.09. The van der Waals surface area contributed by atoms with Crippen LogP contribution < -0.4 is 5.32 Å². The Morgan fingerprint density at radius 2 is 2.10 bits per heavy atom. The molecule has 1 aliphatic rings. The number of carbonyl (C=O) groups is 1. The number of anilines is 1. The Balaban J connectivity index is 1.97. The first-order valence-corrected chi connectivity index (χ1v) is 8.12. The van der Waals surface area contributed by atoms with E-state index in [2.05, 4.69) is 21.2 Å². The highest BCUT2D eigenvalue weighted by Crippen LogP contribution is 2.34. The minimum Gasteiger partial charge on any atom is -0.481 e. The zero-order chi connectivity index (χ0) is 15.6. The highest BCUT2D eigenvalue weighted by molar-refractivity contribution is 9.10. The Morgan fingerprint density at radius 1 is 1.48 bits per heavy atom. The summed E-state index contributed by atoms with van der Waals surface area (Å²) < 4.78 is 0.896. The average molecular weight is 377 g/mol. The van der Waals surface area contributed by atoms with Crippen LogP contribution in [0, 0.1) is 12.8 Å². The van der Waals surface area contributed by atoms with E-state index in [0.29, 0.717) is 37.3 Å². The summed E-state index contributed by atoms with van der Waals surface area (Å²) >= 11 is 9.58. The fourth-order valence-electron chi connectivity index (χ4n) is 2.62. The summed E-state index contributed by atoms with van der Waals surface area (Å²) in [7, 11) is 0. The first kappa shape index (κ1) is 16.6. The van der Waals surface area contributed by atoms with Crippen LogP contribution in [0.25, 0.3) is 0 Å². The summed E-state index contributed by atoms with van der Waals surface area (Å²) in [6.07, 6.45) is 2.02. The normalized spacial score (nSPS) is 25.6. The maximum atomic E-state index is 10.9. The second-order valence-electron chi connectivity index (χ2n) is 5.77. The van der Waals surface area contributed by atoms with Crippen molar-refractivity contribution in [2.75, 3.05) is 11.9 Å². The van der Waals surface area contributed by atoms with E-state index >= 15 is 0 Å². The number of benzene rings is 1. The van der Waals surface area contributed by atoms with E-state index in [1.54, 1.807) is 0 Å². The van der Waals surface area contributed by atoms with Gasteiger partial charge >= 0.3 is 5.97 Å². The molecule has 1 fully saturated rings. The lowest BCUT2D eigenvalue weighted by Gasteiger charge is -2.35. The van der Waals surface area contributed by atoms with E-state index < -0.39 is 11.6 Å². The third-order valence-electron chi connectivity index (χ3n) is 4.12. The molecular weight excluding hydrogens is 358 g/mol. The number of nitrogens with one attached hydrogen (secondary N) is 1. The number of aryl methyl sites for hydroxylation is 1. The Kier molecular flexibility index (Phi) is 5.17. The van der Waals surface area contributed by atoms with Crippen LogP contribution >= 0.6 is 27.5 Å². The van der Waals surface area contributed by atoms with Crippen molar-refractivity contribution in [1.82, 2.24) is 0 Å². The molecule has 0 atom stereocenters. The van der Waals surface area contributed by atoms with E-state index in [-0.39, 0.29) is 5.92 Å². The molecule has 21 heavy (non-hydrogen) atoms. The molecule has 3 N–H and O–H groups in total. The number of halogens is 2. The van der Waals surface area contributed by atoms with Crippen LogP contribution in [0.5, 0.6) is 0 Å². The van der Waals surface area contributed by atoms with Gasteiger partial charge in [-0.15, -0.1) is 0 Å². The van der Waals surface area contributed by atoms with Gasteiger partial charge in [-0.25, -0.2) is 0 Å². The fourth-order valence-corrected chi connectivity index (χ4v) is 3.38. The van der Waals surface area contributed by atoms with Gasteiger partial charge in [0.25, 0.3) is 0 Å². The Bertz CT molecular complexity index is 542. The van der Waals surface area contributed by atoms with Gasteiger partial charge in [-0.3, -0.25) is 4.79 Å². The van der Waals surface area contributed by atoms with Gasteiger partial charge in [-0.1, -0.05) is 11.6 Å². The number of hydrogen-bond acceptors (Lipinski definition) is 3. The van der Waals surface area contributed by atoms with E-state index in [1.165, 1.54) is 0 Å². The van der Waals surface area contributed by atoms with Crippen LogP contribution in [0.15, 0.2) is 16.6 Å². The molecule has 2 rings (SSSR count). The van der Waals surface area contributed by atoms with Gasteiger partial charge in [0.15, 0.2) is 0 Å². The maximum Gasteiger partial charge on any atom is 0.306 e. The second-order valence-corrected chi connectivity index (χ2v) is 7.03. The van der Waals surface area contributed by atoms with E-state index in [4.69, 9.17) is 16.7 Å². The minimum absolute atomic E-state index is 0.328. The molecule has 0 radical (unpaired) electrons. The molecule has 6 heteroatoms. The Hall–Kier alpha value is -0.780. The molecule has 0 saturated heterocycles. The Labute approximate surface area is 137 Å². The van der Waals surface area contributed by atoms with Gasteiger partial charge in [-0.2, -0.15) is 0 Å². The van der Waals surface area contributed by atoms with Crippen molar-refractivity contribution in [3.63, 3.8) is 0 Å². The SMILES string of the molecule is Cc1cc(Br)c(NCC2(O)CCC(C(=O)O)CC2)cc1Cl. The number of carboxylic acid groups (broad SMARTS) is 1. The zero-order valence-corrected chi connectivity index (χ0v) is 14.2. The lowest BCUT2D eigenvalue weighted by atomic mass is 9.79. The highest BCUT2D eigenvalue weighted by Gasteiger charge is 2.35. The number of aliphatic hydroxyl groups is 1. The lowest BCUT2D eigenvalue weighted by molar-refractivity contribution is -0.144. The second kappa shape index (κ2) is 6.55. The number of hydrogen-bond donors (Lipinski definition) is 3. The van der Waals surface area contributed by atoms with Crippen molar-refractivity contribution in [3.05, 3.63) is 27.2 Å². The predicted octanol–water partition coefficient (Wildman–Crippen LogP) is 3.83. The summed E-state index contributed by atoms with van der Waals surface area (Å²) in [6, 6.07) is 3.75. The molecule has 4 nitrogen and oxygen atoms in total. The molecule has 0 aromatic heterocycles. The fraction of sp³-hybridized carbons (Fsp3) is 0.533. The van der Waals surface area contributed by atoms with E-state index in [0.717, 1.165) is 15.7 Å². The highest BCUT2D eigenvalue weighted by atomic mass is 79.9. The molecule has 0 unspecified atom stereocenters. The molecule has 1 aromatic carbocycles. The van der Waals surface area contributed by atoms with Gasteiger partial charge in [-0.05, 0) is 66.2 Å². The van der Waals surface area contributed by atoms with E-state index in [9.17, 15) is 9.90 Å². The van der Waals surface area contributed by atoms with Crippen LogP contribution in [0.3, 0.4) is 0 Å². The van der Waals surface area contributed by atoms with Crippen molar-refractivity contribution in [1.29, 1.82) is 0 Å². The van der Waals surface area contributed by atoms with Gasteiger partial charge in [0.05, 0.1) is 17.2 Å². The molecule has 0 aliphatic heterocycles. The summed E-state index contributed by atoms with van der Waals surface area (Å²) in [4.78, 5) is 10.9. The maximum absolute atomic E-state index is 10.9. The largest absolute Gasteiger partial charge is 0.481 e. The first-order valence-electron chi connectivity index (χ1n) is 6.95. The summed E-state index contributed by atoms with van der Waals surface area (Å²) in [6.45, 7) is 2.31. The monoisotopic (exact) mass is 375 g/mol. The van der Waals surface area contributed by atoms with Crippen LogP contribution in [0.1, 0.15) is 31.2 Å². The minimum atomic E-state index is -0.858. The third kappa shape index (κ3) is 4.11. The van der Waals surface area contributed by atoms with Crippen LogP contribution in [0.4, 0.5) is 5.69 Å². The zero-order valence-electron chi connectivity index (χ0n) is 11.8. The van der Waals surface area contributed by atoms with Crippen molar-refractivity contribution in [2.45, 2.75) is 38.2 Å². The van der Waals surface area contributed by atoms with Crippen LogP contribution in [-0.2, 0) is 4.79 Å². The molecule has 1 saturated carbocycles. The van der Waals surface area contributed by atoms with Crippen molar-refractivity contribution < 1.29 is 15.0 Å². The first-order chi connectivity index (χ1) is 9.81. The summed E-state index contributed by atoms with van der Waals surface area (Å²) in [5.41, 5.74) is 0.956. The van der Waals surface area contributed by atoms with Crippen LogP contribution in [-0.4, -0.2) is 28.3 Å². The molecule has 0 heterocycles. The standard InChI is InChI=1S/C15H19BrClNO3/c1-9-6-11(16)13(7-12(9)17)18-8-15(21)4-2-10(3-5-15)14(19)20/h6-7,10,18,21H,2-5,8H2,1H3,(H,19,20). The van der Waals surface area contributed by atoms with Crippen molar-refractivity contribution in [3.8, 4) is 0 Å². The molecule has 0 bridgehead atoms. The quantitative estimate of drug-likeness (QED) is 0.747. The molecule has 1 aromatic rings. The molecule has 116 valence electrons. The van der Waals surface area contributed by atoms with Crippen LogP contribution in [0.2, 0.25) is 5.02 Å². The number of carboxylic acids is 1. The number of rotatable bonds is 4. The molecule has 1 aliphatic carbocycles. The molecular formula is C15H19BrClNO3. The molecule has 0 spiro atoms. The van der Waals surface area contributed by atoms with E-state index in [1.807, 2.05) is 19.1 Å². The van der Waals surface area contributed by atoms with Gasteiger partial charge in [0.1, 0.15) is 0 Å².